The summed E-state index contributed by atoms with van der Waals surface area (Å²) in [6, 6.07) is 17.7. The fourth-order valence-electron chi connectivity index (χ4n) is 3.92. The smallest absolute Gasteiger partial charge is 0.259 e. The van der Waals surface area contributed by atoms with Gasteiger partial charge in [0, 0.05) is 10.9 Å². The van der Waals surface area contributed by atoms with E-state index in [1.807, 2.05) is 36.4 Å². The summed E-state index contributed by atoms with van der Waals surface area (Å²) in [5.41, 5.74) is 5.02. The van der Waals surface area contributed by atoms with E-state index in [9.17, 15) is 9.59 Å². The molecule has 28 heavy (non-hydrogen) atoms. The Bertz CT molecular complexity index is 1080. The summed E-state index contributed by atoms with van der Waals surface area (Å²) in [7, 11) is 0. The maximum absolute atomic E-state index is 12.9. The van der Waals surface area contributed by atoms with Gasteiger partial charge in [-0.2, -0.15) is 0 Å². The van der Waals surface area contributed by atoms with Crippen LogP contribution in [0.1, 0.15) is 46.4 Å². The van der Waals surface area contributed by atoms with Gasteiger partial charge in [0.1, 0.15) is 6.54 Å². The zero-order valence-electron chi connectivity index (χ0n) is 16.5. The Kier molecular flexibility index (Phi) is 4.63. The van der Waals surface area contributed by atoms with E-state index in [1.165, 1.54) is 11.1 Å². The molecule has 0 saturated heterocycles. The van der Waals surface area contributed by atoms with Crippen molar-refractivity contribution >= 4 is 28.3 Å². The first kappa shape index (κ1) is 18.2. The Morgan fingerprint density at radius 3 is 2.50 bits per heavy atom. The van der Waals surface area contributed by atoms with Crippen molar-refractivity contribution in [3.05, 3.63) is 76.9 Å². The van der Waals surface area contributed by atoms with E-state index in [0.717, 1.165) is 28.4 Å². The third-order valence-electron chi connectivity index (χ3n) is 5.63. The summed E-state index contributed by atoms with van der Waals surface area (Å²) in [5, 5.41) is 5.06. The molecule has 4 heteroatoms. The fraction of sp³-hybridized carbons (Fsp3) is 0.250. The minimum Gasteiger partial charge on any atom is -0.348 e. The number of hydrogen-bond acceptors (Lipinski definition) is 2. The van der Waals surface area contributed by atoms with Gasteiger partial charge in [-0.1, -0.05) is 49.4 Å². The van der Waals surface area contributed by atoms with E-state index < -0.39 is 0 Å². The second-order valence-corrected chi connectivity index (χ2v) is 7.44. The summed E-state index contributed by atoms with van der Waals surface area (Å²) in [5.74, 6) is -0.260. The highest BCUT2D eigenvalue weighted by Crippen LogP contribution is 2.36. The van der Waals surface area contributed by atoms with E-state index in [1.54, 1.807) is 4.90 Å². The summed E-state index contributed by atoms with van der Waals surface area (Å²) in [6.07, 6.45) is 0.790. The van der Waals surface area contributed by atoms with Crippen LogP contribution in [0, 0.1) is 13.8 Å². The lowest BCUT2D eigenvalue weighted by molar-refractivity contribution is -0.120. The largest absolute Gasteiger partial charge is 0.348 e. The molecule has 142 valence electrons. The number of nitrogens with zero attached hydrogens (tertiary/aromatic N) is 1. The molecule has 0 fully saturated rings. The molecule has 4 rings (SSSR count). The van der Waals surface area contributed by atoms with Gasteiger partial charge in [0.15, 0.2) is 0 Å². The monoisotopic (exact) mass is 372 g/mol. The minimum atomic E-state index is -0.150. The Hall–Kier alpha value is -3.14. The van der Waals surface area contributed by atoms with Crippen LogP contribution >= 0.6 is 0 Å². The summed E-state index contributed by atoms with van der Waals surface area (Å²) >= 11 is 0. The molecule has 0 saturated carbocycles. The maximum atomic E-state index is 12.9. The van der Waals surface area contributed by atoms with Gasteiger partial charge < -0.3 is 5.32 Å². The molecule has 2 amide bonds. The van der Waals surface area contributed by atoms with Crippen molar-refractivity contribution in [2.24, 2.45) is 0 Å². The molecule has 3 aromatic carbocycles. The van der Waals surface area contributed by atoms with E-state index in [0.29, 0.717) is 5.56 Å². The molecule has 0 aliphatic carbocycles. The molecule has 0 aromatic heterocycles. The van der Waals surface area contributed by atoms with Crippen molar-refractivity contribution in [1.82, 2.24) is 5.32 Å². The average Bonchev–Trinajstić information content (AvgIpc) is 2.96. The third kappa shape index (κ3) is 3.05. The SMILES string of the molecule is CCC(NC(=O)CN1C(=O)c2cccc3cccc1c23)c1ccc(C)c(C)c1. The molecule has 1 unspecified atom stereocenters. The van der Waals surface area contributed by atoms with Crippen LogP contribution in [0.15, 0.2) is 54.6 Å². The Morgan fingerprint density at radius 1 is 1.04 bits per heavy atom. The second-order valence-electron chi connectivity index (χ2n) is 7.44. The lowest BCUT2D eigenvalue weighted by Gasteiger charge is -2.22. The molecule has 3 aromatic rings. The highest BCUT2D eigenvalue weighted by molar-refractivity contribution is 6.26. The molecule has 1 N–H and O–H groups in total. The fourth-order valence-corrected chi connectivity index (χ4v) is 3.92. The van der Waals surface area contributed by atoms with Crippen molar-refractivity contribution in [3.8, 4) is 0 Å². The number of nitrogens with one attached hydrogen (secondary N) is 1. The first-order valence-corrected chi connectivity index (χ1v) is 9.69. The van der Waals surface area contributed by atoms with Crippen LogP contribution in [0.5, 0.6) is 0 Å². The predicted molar refractivity (Wildman–Crippen MR) is 113 cm³/mol. The minimum absolute atomic E-state index is 0.0218. The summed E-state index contributed by atoms with van der Waals surface area (Å²) in [6.45, 7) is 6.23. The number of aryl methyl sites for hydroxylation is 2. The van der Waals surface area contributed by atoms with E-state index in [-0.39, 0.29) is 24.4 Å². The first-order chi connectivity index (χ1) is 13.5. The third-order valence-corrected chi connectivity index (χ3v) is 5.63. The van der Waals surface area contributed by atoms with Crippen molar-refractivity contribution < 1.29 is 9.59 Å². The number of hydrogen-bond donors (Lipinski definition) is 1. The molecule has 1 heterocycles. The van der Waals surface area contributed by atoms with Crippen LogP contribution < -0.4 is 10.2 Å². The zero-order valence-corrected chi connectivity index (χ0v) is 16.5. The standard InChI is InChI=1S/C24H24N2O2/c1-4-20(18-12-11-15(2)16(3)13-18)25-22(27)14-26-21-10-6-8-17-7-5-9-19(23(17)21)24(26)28/h5-13,20H,4,14H2,1-3H3,(H,25,27). The van der Waals surface area contributed by atoms with E-state index in [2.05, 4.69) is 44.3 Å². The molecule has 1 atom stereocenters. The molecule has 0 bridgehead atoms. The van der Waals surface area contributed by atoms with Gasteiger partial charge in [-0.25, -0.2) is 0 Å². The number of rotatable bonds is 5. The highest BCUT2D eigenvalue weighted by atomic mass is 16.2. The van der Waals surface area contributed by atoms with Gasteiger partial charge in [-0.15, -0.1) is 0 Å². The number of carbonyl (C=O) groups is 2. The molecular weight excluding hydrogens is 348 g/mol. The molecule has 1 aliphatic heterocycles. The Morgan fingerprint density at radius 2 is 1.79 bits per heavy atom. The highest BCUT2D eigenvalue weighted by Gasteiger charge is 2.31. The van der Waals surface area contributed by atoms with Crippen molar-refractivity contribution in [3.63, 3.8) is 0 Å². The number of benzene rings is 3. The summed E-state index contributed by atoms with van der Waals surface area (Å²) < 4.78 is 0. The van der Waals surface area contributed by atoms with Crippen LogP contribution in [0.2, 0.25) is 0 Å². The number of carbonyl (C=O) groups excluding carboxylic acids is 2. The molecule has 4 nitrogen and oxygen atoms in total. The Balaban J connectivity index is 1.55. The van der Waals surface area contributed by atoms with Crippen molar-refractivity contribution in [2.75, 3.05) is 11.4 Å². The van der Waals surface area contributed by atoms with Gasteiger partial charge in [-0.05, 0) is 54.5 Å². The molecule has 0 spiro atoms. The van der Waals surface area contributed by atoms with Crippen LogP contribution in [0.25, 0.3) is 10.8 Å². The lowest BCUT2D eigenvalue weighted by Crippen LogP contribution is -2.40. The lowest BCUT2D eigenvalue weighted by atomic mass is 9.99. The van der Waals surface area contributed by atoms with Crippen molar-refractivity contribution in [1.29, 1.82) is 0 Å². The zero-order chi connectivity index (χ0) is 19.8. The van der Waals surface area contributed by atoms with Crippen LogP contribution in [-0.2, 0) is 4.79 Å². The van der Waals surface area contributed by atoms with Gasteiger partial charge >= 0.3 is 0 Å². The average molecular weight is 372 g/mol. The quantitative estimate of drug-likeness (QED) is 0.707. The maximum Gasteiger partial charge on any atom is 0.259 e. The van der Waals surface area contributed by atoms with E-state index in [4.69, 9.17) is 0 Å². The second kappa shape index (κ2) is 7.12. The van der Waals surface area contributed by atoms with Gasteiger partial charge in [0.25, 0.3) is 5.91 Å². The van der Waals surface area contributed by atoms with E-state index >= 15 is 0 Å². The van der Waals surface area contributed by atoms with Crippen LogP contribution in [0.4, 0.5) is 5.69 Å². The van der Waals surface area contributed by atoms with Gasteiger partial charge in [-0.3, -0.25) is 14.5 Å². The van der Waals surface area contributed by atoms with Gasteiger partial charge in [0.2, 0.25) is 5.91 Å². The van der Waals surface area contributed by atoms with Crippen molar-refractivity contribution in [2.45, 2.75) is 33.2 Å². The number of amides is 2. The Labute approximate surface area is 165 Å². The topological polar surface area (TPSA) is 49.4 Å². The first-order valence-electron chi connectivity index (χ1n) is 9.69. The predicted octanol–water partition coefficient (Wildman–Crippen LogP) is 4.68. The summed E-state index contributed by atoms with van der Waals surface area (Å²) in [4.78, 5) is 27.3. The molecule has 1 aliphatic rings. The molecule has 0 radical (unpaired) electrons. The van der Waals surface area contributed by atoms with Gasteiger partial charge in [0.05, 0.1) is 11.7 Å². The number of anilines is 1. The van der Waals surface area contributed by atoms with Crippen LogP contribution in [0.3, 0.4) is 0 Å². The van der Waals surface area contributed by atoms with Crippen LogP contribution in [-0.4, -0.2) is 18.4 Å². The normalized spacial score (nSPS) is 13.8. The molecular formula is C24H24N2O2.